The van der Waals surface area contributed by atoms with Gasteiger partial charge in [-0.05, 0) is 48.2 Å². The van der Waals surface area contributed by atoms with Crippen LogP contribution in [0.2, 0.25) is 0 Å². The third-order valence-electron chi connectivity index (χ3n) is 5.27. The monoisotopic (exact) mass is 360 g/mol. The van der Waals surface area contributed by atoms with Crippen LogP contribution in [-0.4, -0.2) is 43.3 Å². The maximum atomic E-state index is 13.4. The number of nitrogens with zero attached hydrogens (tertiary/aromatic N) is 2. The fraction of sp³-hybridized carbons (Fsp3) is 0.368. The predicted molar refractivity (Wildman–Crippen MR) is 94.2 cm³/mol. The quantitative estimate of drug-likeness (QED) is 0.845. The Morgan fingerprint density at radius 3 is 2.52 bits per heavy atom. The van der Waals surface area contributed by atoms with Gasteiger partial charge in [0.1, 0.15) is 5.82 Å². The summed E-state index contributed by atoms with van der Waals surface area (Å²) in [5, 5.41) is 0. The van der Waals surface area contributed by atoms with Crippen LogP contribution in [0.5, 0.6) is 0 Å². The normalized spacial score (nSPS) is 19.4. The van der Waals surface area contributed by atoms with Crippen LogP contribution in [0.4, 0.5) is 4.39 Å². The molecule has 1 fully saturated rings. The van der Waals surface area contributed by atoms with Crippen LogP contribution >= 0.6 is 0 Å². The molecule has 0 radical (unpaired) electrons. The van der Waals surface area contributed by atoms with Crippen LogP contribution in [0.25, 0.3) is 0 Å². The summed E-state index contributed by atoms with van der Waals surface area (Å²) in [6.07, 6.45) is 1.01. The summed E-state index contributed by atoms with van der Waals surface area (Å²) in [6.45, 7) is 4.43. The predicted octanol–water partition coefficient (Wildman–Crippen LogP) is 2.57. The molecule has 132 valence electrons. The van der Waals surface area contributed by atoms with Crippen molar-refractivity contribution >= 4 is 10.0 Å². The Labute approximate surface area is 147 Å². The first-order valence-corrected chi connectivity index (χ1v) is 9.96. The van der Waals surface area contributed by atoms with Gasteiger partial charge in [-0.2, -0.15) is 4.31 Å². The van der Waals surface area contributed by atoms with Crippen molar-refractivity contribution in [1.82, 2.24) is 9.21 Å². The van der Waals surface area contributed by atoms with E-state index in [-0.39, 0.29) is 16.8 Å². The second-order valence-electron chi connectivity index (χ2n) is 6.88. The number of hydrogen-bond donors (Lipinski definition) is 0. The lowest BCUT2D eigenvalue weighted by atomic mass is 9.97. The molecular formula is C19H21FN2O2S. The van der Waals surface area contributed by atoms with Gasteiger partial charge in [-0.25, -0.2) is 12.8 Å². The van der Waals surface area contributed by atoms with E-state index >= 15 is 0 Å². The average Bonchev–Trinajstić information content (AvgIpc) is 2.55. The van der Waals surface area contributed by atoms with E-state index in [0.717, 1.165) is 19.5 Å². The Balaban J connectivity index is 1.44. The van der Waals surface area contributed by atoms with Gasteiger partial charge in [0, 0.05) is 32.2 Å². The van der Waals surface area contributed by atoms with Crippen molar-refractivity contribution in [1.29, 1.82) is 0 Å². The van der Waals surface area contributed by atoms with E-state index in [4.69, 9.17) is 0 Å². The highest BCUT2D eigenvalue weighted by Gasteiger charge is 2.40. The van der Waals surface area contributed by atoms with Gasteiger partial charge in [0.2, 0.25) is 10.0 Å². The van der Waals surface area contributed by atoms with Gasteiger partial charge in [-0.3, -0.25) is 4.90 Å². The molecule has 0 spiro atoms. The molecule has 6 heteroatoms. The number of fused-ring (bicyclic) bond motifs is 1. The van der Waals surface area contributed by atoms with Crippen LogP contribution in [0.1, 0.15) is 16.7 Å². The van der Waals surface area contributed by atoms with Crippen molar-refractivity contribution in [3.63, 3.8) is 0 Å². The molecule has 2 heterocycles. The molecule has 0 bridgehead atoms. The van der Waals surface area contributed by atoms with Gasteiger partial charge in [0.15, 0.2) is 0 Å². The summed E-state index contributed by atoms with van der Waals surface area (Å²) in [5.74, 6) is -0.382. The van der Waals surface area contributed by atoms with E-state index in [1.165, 1.54) is 33.6 Å². The van der Waals surface area contributed by atoms with E-state index in [9.17, 15) is 12.8 Å². The summed E-state index contributed by atoms with van der Waals surface area (Å²) in [6, 6.07) is 12.7. The Morgan fingerprint density at radius 1 is 1.08 bits per heavy atom. The van der Waals surface area contributed by atoms with E-state index in [2.05, 4.69) is 29.2 Å². The maximum absolute atomic E-state index is 13.4. The van der Waals surface area contributed by atoms with Crippen molar-refractivity contribution in [3.05, 3.63) is 65.0 Å². The van der Waals surface area contributed by atoms with Gasteiger partial charge in [0.25, 0.3) is 0 Å². The molecule has 0 amide bonds. The maximum Gasteiger partial charge on any atom is 0.243 e. The molecule has 4 rings (SSSR count). The second-order valence-corrected chi connectivity index (χ2v) is 8.81. The highest BCUT2D eigenvalue weighted by molar-refractivity contribution is 7.89. The van der Waals surface area contributed by atoms with E-state index < -0.39 is 10.0 Å². The summed E-state index contributed by atoms with van der Waals surface area (Å²) in [5.41, 5.74) is 3.08. The third kappa shape index (κ3) is 2.99. The minimum absolute atomic E-state index is 0.175. The Bertz CT molecular complexity index is 907. The van der Waals surface area contributed by atoms with Crippen molar-refractivity contribution in [2.75, 3.05) is 19.6 Å². The van der Waals surface area contributed by atoms with Crippen molar-refractivity contribution in [3.8, 4) is 0 Å². The highest BCUT2D eigenvalue weighted by Crippen LogP contribution is 2.28. The number of rotatable bonds is 3. The number of halogens is 1. The first-order valence-electron chi connectivity index (χ1n) is 8.52. The first kappa shape index (κ1) is 16.7. The molecular weight excluding hydrogens is 339 g/mol. The van der Waals surface area contributed by atoms with Crippen molar-refractivity contribution in [2.24, 2.45) is 0 Å². The van der Waals surface area contributed by atoms with E-state index in [1.807, 2.05) is 0 Å². The molecule has 0 atom stereocenters. The van der Waals surface area contributed by atoms with Gasteiger partial charge in [-0.15, -0.1) is 0 Å². The standard InChI is InChI=1S/C19H21FN2O2S/c1-14-10-18(6-7-19(14)20)25(23,24)22-12-17(13-22)21-9-8-15-4-2-3-5-16(15)11-21/h2-7,10,17H,8-9,11-13H2,1H3. The first-order chi connectivity index (χ1) is 11.9. The minimum atomic E-state index is -3.53. The van der Waals surface area contributed by atoms with Crippen LogP contribution in [-0.2, 0) is 23.0 Å². The molecule has 0 saturated carbocycles. The lowest BCUT2D eigenvalue weighted by Crippen LogP contribution is -2.61. The largest absolute Gasteiger partial charge is 0.293 e. The summed E-state index contributed by atoms with van der Waals surface area (Å²) in [7, 11) is -3.53. The van der Waals surface area contributed by atoms with Gasteiger partial charge in [-0.1, -0.05) is 24.3 Å². The summed E-state index contributed by atoms with van der Waals surface area (Å²) >= 11 is 0. The molecule has 0 unspecified atom stereocenters. The lowest BCUT2D eigenvalue weighted by Gasteiger charge is -2.46. The number of aryl methyl sites for hydroxylation is 1. The molecule has 0 aromatic heterocycles. The van der Waals surface area contributed by atoms with Crippen molar-refractivity contribution in [2.45, 2.75) is 30.8 Å². The Kier molecular flexibility index (Phi) is 4.14. The molecule has 2 aliphatic rings. The molecule has 4 nitrogen and oxygen atoms in total. The lowest BCUT2D eigenvalue weighted by molar-refractivity contribution is 0.0769. The molecule has 0 aliphatic carbocycles. The summed E-state index contributed by atoms with van der Waals surface area (Å²) < 4.78 is 40.3. The number of sulfonamides is 1. The second kappa shape index (κ2) is 6.20. The topological polar surface area (TPSA) is 40.6 Å². The zero-order valence-electron chi connectivity index (χ0n) is 14.2. The molecule has 1 saturated heterocycles. The van der Waals surface area contributed by atoms with E-state index in [0.29, 0.717) is 18.7 Å². The van der Waals surface area contributed by atoms with Crippen LogP contribution < -0.4 is 0 Å². The van der Waals surface area contributed by atoms with Crippen LogP contribution in [0.15, 0.2) is 47.4 Å². The van der Waals surface area contributed by atoms with Gasteiger partial charge in [0.05, 0.1) is 4.90 Å². The Morgan fingerprint density at radius 2 is 1.80 bits per heavy atom. The van der Waals surface area contributed by atoms with Gasteiger partial charge < -0.3 is 0 Å². The number of benzene rings is 2. The smallest absolute Gasteiger partial charge is 0.243 e. The summed E-state index contributed by atoms with van der Waals surface area (Å²) in [4.78, 5) is 2.54. The zero-order chi connectivity index (χ0) is 17.6. The number of hydrogen-bond acceptors (Lipinski definition) is 3. The molecule has 2 aromatic rings. The average molecular weight is 360 g/mol. The van der Waals surface area contributed by atoms with Crippen molar-refractivity contribution < 1.29 is 12.8 Å². The van der Waals surface area contributed by atoms with Crippen LogP contribution in [0.3, 0.4) is 0 Å². The zero-order valence-corrected chi connectivity index (χ0v) is 15.0. The highest BCUT2D eigenvalue weighted by atomic mass is 32.2. The molecule has 25 heavy (non-hydrogen) atoms. The fourth-order valence-electron chi connectivity index (χ4n) is 3.60. The van der Waals surface area contributed by atoms with E-state index in [1.54, 1.807) is 6.92 Å². The molecule has 2 aliphatic heterocycles. The molecule has 0 N–H and O–H groups in total. The minimum Gasteiger partial charge on any atom is -0.293 e. The Hall–Kier alpha value is -1.76. The molecule has 2 aromatic carbocycles. The van der Waals surface area contributed by atoms with Crippen LogP contribution in [0, 0.1) is 12.7 Å². The van der Waals surface area contributed by atoms with Gasteiger partial charge >= 0.3 is 0 Å². The fourth-order valence-corrected chi connectivity index (χ4v) is 5.20. The third-order valence-corrected chi connectivity index (χ3v) is 7.10. The SMILES string of the molecule is Cc1cc(S(=O)(=O)N2CC(N3CCc4ccccc4C3)C2)ccc1F.